The van der Waals surface area contributed by atoms with Gasteiger partial charge in [0.2, 0.25) is 0 Å². The number of rotatable bonds is 8. The zero-order chi connectivity index (χ0) is 41.2. The standard InChI is InChI=1S/C26H30N2O2.C20H24N2O2.C6H5.CH4.ClH.Mg/c1-3-17-16-28-12-11-18(17)13-23(28)25-26(19-7-5-4-6-8-19)15-24(30-25)27-22-10-9-20(29-2)14-21(22)26;1-3-13-12-22-9-7-14(13)10-19(22)20(23)16-6-8-21-18-5-4-15(24-2)11-17(16)18;1-2-4-6-5-3-1;;;/h3-10,14,17-18,23-25,27H,1,11-13,15-16H2,2H3;3-6,8,11,13-14,19-20,23H,1,7,9-10,12H2,2H3;1-5H;1H4;1H;/q;;-1;;;+2/p-1/t17?,18?,23-,24-,25-,26-;13?,14?,19-,20+;;;;/m00..../s1. The first kappa shape index (κ1) is 48.5. The van der Waals surface area contributed by atoms with E-state index in [1.807, 2.05) is 60.7 Å². The van der Waals surface area contributed by atoms with Gasteiger partial charge < -0.3 is 37.0 Å². The van der Waals surface area contributed by atoms with E-state index in [1.54, 1.807) is 20.4 Å². The van der Waals surface area contributed by atoms with Crippen molar-refractivity contribution in [3.05, 3.63) is 157 Å². The average molecular weight is 880 g/mol. The third kappa shape index (κ3) is 9.44. The molecule has 0 saturated carbocycles. The number of nitrogens with one attached hydrogen (secondary N) is 1. The third-order valence-electron chi connectivity index (χ3n) is 14.5. The smallest absolute Gasteiger partial charge is 1.00 e. The molecule has 0 radical (unpaired) electrons. The largest absolute Gasteiger partial charge is 2.00 e. The fourth-order valence-corrected chi connectivity index (χ4v) is 11.5. The van der Waals surface area contributed by atoms with Crippen molar-refractivity contribution in [3.63, 3.8) is 0 Å². The van der Waals surface area contributed by atoms with Gasteiger partial charge >= 0.3 is 23.1 Å². The van der Waals surface area contributed by atoms with Gasteiger partial charge in [-0.3, -0.25) is 14.8 Å². The van der Waals surface area contributed by atoms with E-state index >= 15 is 0 Å². The molecule has 2 N–H and O–H groups in total. The molecule has 63 heavy (non-hydrogen) atoms. The van der Waals surface area contributed by atoms with Gasteiger partial charge in [0, 0.05) is 48.9 Å². The molecule has 8 nitrogen and oxygen atoms in total. The number of benzene rings is 4. The van der Waals surface area contributed by atoms with Gasteiger partial charge in [0.15, 0.2) is 0 Å². The van der Waals surface area contributed by atoms with Crippen LogP contribution in [0, 0.1) is 29.7 Å². The average Bonchev–Trinajstić information content (AvgIpc) is 3.65. The van der Waals surface area contributed by atoms with E-state index in [-0.39, 0.29) is 66.7 Å². The van der Waals surface area contributed by atoms with E-state index in [2.05, 4.69) is 93.9 Å². The summed E-state index contributed by atoms with van der Waals surface area (Å²) in [5.41, 5.74) is 5.54. The van der Waals surface area contributed by atoms with Gasteiger partial charge in [-0.15, -0.1) is 13.2 Å². The van der Waals surface area contributed by atoms with E-state index in [1.165, 1.54) is 42.6 Å². The topological polar surface area (TPSA) is 79.3 Å². The Bertz CT molecular complexity index is 2240. The molecule has 0 aliphatic carbocycles. The number of anilines is 1. The molecular formula is C53H63ClMgN4O4. The van der Waals surface area contributed by atoms with E-state index in [0.29, 0.717) is 23.8 Å². The van der Waals surface area contributed by atoms with Gasteiger partial charge in [-0.25, -0.2) is 0 Å². The Balaban J connectivity index is 0.000000181. The predicted molar refractivity (Wildman–Crippen MR) is 252 cm³/mol. The monoisotopic (exact) mass is 878 g/mol. The molecule has 13 rings (SSSR count). The van der Waals surface area contributed by atoms with Crippen molar-refractivity contribution in [2.24, 2.45) is 23.7 Å². The maximum Gasteiger partial charge on any atom is 2.00 e. The number of methoxy groups -OCH3 is 2. The Hall–Kier alpha value is -3.93. The predicted octanol–water partition coefficient (Wildman–Crippen LogP) is 6.34. The van der Waals surface area contributed by atoms with Crippen molar-refractivity contribution >= 4 is 39.6 Å². The summed E-state index contributed by atoms with van der Waals surface area (Å²) in [6.45, 7) is 12.5. The van der Waals surface area contributed by atoms with Crippen LogP contribution in [0.4, 0.5) is 5.69 Å². The molecule has 7 saturated heterocycles. The molecule has 7 fully saturated rings. The number of hydrogen-bond acceptors (Lipinski definition) is 8. The summed E-state index contributed by atoms with van der Waals surface area (Å²) in [6.07, 6.45) is 11.4. The van der Waals surface area contributed by atoms with E-state index in [9.17, 15) is 5.11 Å². The van der Waals surface area contributed by atoms with Crippen LogP contribution < -0.4 is 27.2 Å². The molecule has 4 aromatic carbocycles. The Kier molecular flexibility index (Phi) is 16.5. The molecular weight excluding hydrogens is 816 g/mol. The summed E-state index contributed by atoms with van der Waals surface area (Å²) in [4.78, 5) is 9.54. The Morgan fingerprint density at radius 3 is 2.11 bits per heavy atom. The van der Waals surface area contributed by atoms with Crippen molar-refractivity contribution in [2.75, 3.05) is 45.7 Å². The quantitative estimate of drug-likeness (QED) is 0.106. The number of aromatic nitrogens is 1. The number of aliphatic hydroxyl groups is 1. The number of pyridine rings is 1. The molecule has 8 aliphatic rings. The second-order valence-electron chi connectivity index (χ2n) is 17.4. The number of piperidine rings is 6. The van der Waals surface area contributed by atoms with Gasteiger partial charge in [-0.2, -0.15) is 36.4 Å². The fourth-order valence-electron chi connectivity index (χ4n) is 11.5. The maximum atomic E-state index is 11.2. The fraction of sp³-hybridized carbons (Fsp3) is 0.415. The first-order valence-electron chi connectivity index (χ1n) is 21.8. The Morgan fingerprint density at radius 2 is 1.51 bits per heavy atom. The molecule has 328 valence electrons. The summed E-state index contributed by atoms with van der Waals surface area (Å²) in [5.74, 6) is 4.26. The summed E-state index contributed by atoms with van der Waals surface area (Å²) in [5, 5.41) is 15.8. The van der Waals surface area contributed by atoms with Crippen molar-refractivity contribution in [1.82, 2.24) is 14.8 Å². The van der Waals surface area contributed by atoms with Crippen LogP contribution >= 0.6 is 0 Å². The van der Waals surface area contributed by atoms with Crippen LogP contribution in [0.25, 0.3) is 10.9 Å². The molecule has 10 heteroatoms. The Morgan fingerprint density at radius 1 is 0.857 bits per heavy atom. The van der Waals surface area contributed by atoms with Crippen LogP contribution in [0.5, 0.6) is 11.5 Å². The minimum atomic E-state index is -0.504. The van der Waals surface area contributed by atoms with E-state index in [4.69, 9.17) is 14.2 Å². The van der Waals surface area contributed by atoms with E-state index in [0.717, 1.165) is 66.4 Å². The molecule has 5 aromatic rings. The van der Waals surface area contributed by atoms with Crippen LogP contribution in [0.1, 0.15) is 62.3 Å². The first-order chi connectivity index (χ1) is 29.4. The minimum Gasteiger partial charge on any atom is -1.00 e. The first-order valence-corrected chi connectivity index (χ1v) is 21.8. The van der Waals surface area contributed by atoms with Crippen LogP contribution in [0.2, 0.25) is 0 Å². The van der Waals surface area contributed by atoms with Crippen molar-refractivity contribution < 1.29 is 31.7 Å². The van der Waals surface area contributed by atoms with Crippen LogP contribution in [-0.2, 0) is 10.2 Å². The van der Waals surface area contributed by atoms with Crippen molar-refractivity contribution in [2.45, 2.75) is 75.5 Å². The van der Waals surface area contributed by atoms with Gasteiger partial charge in [-0.1, -0.05) is 49.9 Å². The van der Waals surface area contributed by atoms with Gasteiger partial charge in [0.1, 0.15) is 17.7 Å². The van der Waals surface area contributed by atoms with E-state index < -0.39 is 6.10 Å². The zero-order valence-corrected chi connectivity index (χ0v) is 38.3. The SMILES string of the molecule is C.C=CC1CN2CCC1C[C@H]2[C@@H]1O[C@H]2C[C@]1(c1ccccc1)c1cc(OC)ccc1N2.C=CC1CN2CCC1C[C@H]2[C@H](O)c1ccnc2ccc(OC)cc12.[Cl-].[Mg+2].[c-]1ccccc1. The Labute approximate surface area is 397 Å². The molecule has 0 amide bonds. The van der Waals surface area contributed by atoms with Crippen LogP contribution in [0.3, 0.4) is 0 Å². The number of fused-ring (bicyclic) bond motifs is 11. The second-order valence-corrected chi connectivity index (χ2v) is 17.4. The summed E-state index contributed by atoms with van der Waals surface area (Å²) in [7, 11) is 3.41. The minimum absolute atomic E-state index is 0. The summed E-state index contributed by atoms with van der Waals surface area (Å²) in [6, 6.07) is 38.3. The van der Waals surface area contributed by atoms with Crippen molar-refractivity contribution in [3.8, 4) is 11.5 Å². The van der Waals surface area contributed by atoms with Gasteiger partial charge in [0.25, 0.3) is 0 Å². The molecule has 8 aliphatic heterocycles. The van der Waals surface area contributed by atoms with Gasteiger partial charge in [-0.05, 0) is 122 Å². The molecule has 12 atom stereocenters. The number of ether oxygens (including phenoxy) is 3. The molecule has 0 spiro atoms. The molecule has 6 unspecified atom stereocenters. The molecule has 9 heterocycles. The zero-order valence-electron chi connectivity index (χ0n) is 36.1. The number of aliphatic hydroxyl groups excluding tert-OH is 1. The number of hydrogen-bond donors (Lipinski definition) is 2. The molecule has 1 aromatic heterocycles. The summed E-state index contributed by atoms with van der Waals surface area (Å²) >= 11 is 0. The summed E-state index contributed by atoms with van der Waals surface area (Å²) < 4.78 is 17.8. The van der Waals surface area contributed by atoms with Crippen LogP contribution in [-0.4, -0.2) is 108 Å². The normalized spacial score (nSPS) is 30.7. The third-order valence-corrected chi connectivity index (χ3v) is 14.5. The second kappa shape index (κ2) is 21.4. The molecule has 6 bridgehead atoms. The maximum absolute atomic E-state index is 11.2. The van der Waals surface area contributed by atoms with Gasteiger partial charge in [0.05, 0.1) is 37.4 Å². The van der Waals surface area contributed by atoms with Crippen molar-refractivity contribution in [1.29, 1.82) is 0 Å². The number of nitrogens with zero attached hydrogens (tertiary/aromatic N) is 3. The van der Waals surface area contributed by atoms with Crippen LogP contribution in [0.15, 0.2) is 135 Å². The number of halogens is 1.